The Bertz CT molecular complexity index is 1020. The molecule has 0 aromatic heterocycles. The summed E-state index contributed by atoms with van der Waals surface area (Å²) >= 11 is 0. The highest BCUT2D eigenvalue weighted by Gasteiger charge is 2.34. The van der Waals surface area contributed by atoms with Crippen molar-refractivity contribution in [3.8, 4) is 11.5 Å². The van der Waals surface area contributed by atoms with Gasteiger partial charge in [0.15, 0.2) is 6.10 Å². The number of nitrogens with one attached hydrogen (secondary N) is 1. The summed E-state index contributed by atoms with van der Waals surface area (Å²) in [6, 6.07) is 11.2. The molecule has 1 aliphatic heterocycles. The second-order valence-electron chi connectivity index (χ2n) is 7.28. The van der Waals surface area contributed by atoms with Crippen molar-refractivity contribution >= 4 is 21.6 Å². The molecule has 8 heteroatoms. The second-order valence-corrected chi connectivity index (χ2v) is 9.19. The normalized spacial score (nSPS) is 16.0. The molecule has 0 saturated carbocycles. The lowest BCUT2D eigenvalue weighted by Crippen LogP contribution is -2.51. The third-order valence-corrected chi connectivity index (χ3v) is 5.83. The fraction of sp³-hybridized carbons (Fsp3) is 0.381. The minimum absolute atomic E-state index is 0.0709. The van der Waals surface area contributed by atoms with Gasteiger partial charge < -0.3 is 14.8 Å². The van der Waals surface area contributed by atoms with E-state index in [-0.39, 0.29) is 19.0 Å². The third-order valence-electron chi connectivity index (χ3n) is 4.68. The molecule has 2 aromatic rings. The molecule has 1 aliphatic rings. The van der Waals surface area contributed by atoms with E-state index in [4.69, 9.17) is 9.47 Å². The van der Waals surface area contributed by atoms with Crippen LogP contribution in [0.3, 0.4) is 0 Å². The summed E-state index contributed by atoms with van der Waals surface area (Å²) < 4.78 is 37.1. The summed E-state index contributed by atoms with van der Waals surface area (Å²) in [4.78, 5) is 12.6. The second kappa shape index (κ2) is 8.32. The number of amides is 1. The predicted molar refractivity (Wildman–Crippen MR) is 112 cm³/mol. The number of carbonyl (C=O) groups excluding carboxylic acids is 1. The Morgan fingerprint density at radius 1 is 1.17 bits per heavy atom. The summed E-state index contributed by atoms with van der Waals surface area (Å²) in [7, 11) is -3.54. The lowest BCUT2D eigenvalue weighted by atomic mass is 10.1. The number of rotatable bonds is 6. The van der Waals surface area contributed by atoms with Crippen molar-refractivity contribution in [2.24, 2.45) is 0 Å². The van der Waals surface area contributed by atoms with E-state index >= 15 is 0 Å². The van der Waals surface area contributed by atoms with E-state index in [2.05, 4.69) is 5.32 Å². The summed E-state index contributed by atoms with van der Waals surface area (Å²) in [5.74, 6) is 0.782. The van der Waals surface area contributed by atoms with Crippen LogP contribution in [-0.4, -0.2) is 46.4 Å². The van der Waals surface area contributed by atoms with E-state index in [9.17, 15) is 13.2 Å². The Morgan fingerprint density at radius 2 is 1.86 bits per heavy atom. The van der Waals surface area contributed by atoms with E-state index < -0.39 is 16.1 Å². The van der Waals surface area contributed by atoms with Gasteiger partial charge in [-0.2, -0.15) is 0 Å². The monoisotopic (exact) mass is 418 g/mol. The van der Waals surface area contributed by atoms with Crippen LogP contribution in [0.15, 0.2) is 36.4 Å². The topological polar surface area (TPSA) is 84.9 Å². The van der Waals surface area contributed by atoms with E-state index in [1.807, 2.05) is 45.0 Å². The Balaban J connectivity index is 1.63. The molecular formula is C21H26N2O5S. The van der Waals surface area contributed by atoms with Gasteiger partial charge in [-0.1, -0.05) is 18.2 Å². The Labute approximate surface area is 171 Å². The summed E-state index contributed by atoms with van der Waals surface area (Å²) in [5.41, 5.74) is 3.48. The van der Waals surface area contributed by atoms with E-state index in [0.717, 1.165) is 28.7 Å². The van der Waals surface area contributed by atoms with Gasteiger partial charge in [-0.15, -0.1) is 0 Å². The van der Waals surface area contributed by atoms with Crippen molar-refractivity contribution < 1.29 is 22.7 Å². The van der Waals surface area contributed by atoms with Crippen LogP contribution >= 0.6 is 0 Å². The van der Waals surface area contributed by atoms with Gasteiger partial charge in [-0.05, 0) is 55.7 Å². The van der Waals surface area contributed by atoms with Crippen molar-refractivity contribution in [1.29, 1.82) is 0 Å². The van der Waals surface area contributed by atoms with E-state index in [1.54, 1.807) is 12.1 Å². The number of carbonyl (C=O) groups is 1. The van der Waals surface area contributed by atoms with E-state index in [0.29, 0.717) is 18.0 Å². The van der Waals surface area contributed by atoms with Gasteiger partial charge in [0.25, 0.3) is 5.91 Å². The molecule has 1 heterocycles. The van der Waals surface area contributed by atoms with Crippen molar-refractivity contribution in [3.05, 3.63) is 53.1 Å². The number of hydrogen-bond acceptors (Lipinski definition) is 5. The largest absolute Gasteiger partial charge is 0.491 e. The van der Waals surface area contributed by atoms with Gasteiger partial charge in [0.1, 0.15) is 18.1 Å². The highest BCUT2D eigenvalue weighted by atomic mass is 32.2. The Hall–Kier alpha value is -2.74. The average molecular weight is 419 g/mol. The fourth-order valence-corrected chi connectivity index (χ4v) is 4.04. The molecule has 0 radical (unpaired) electrons. The molecule has 7 nitrogen and oxygen atoms in total. The minimum Gasteiger partial charge on any atom is -0.491 e. The highest BCUT2D eigenvalue weighted by molar-refractivity contribution is 7.92. The van der Waals surface area contributed by atoms with Crippen molar-refractivity contribution in [2.45, 2.75) is 26.9 Å². The smallest absolute Gasteiger partial charge is 0.263 e. The van der Waals surface area contributed by atoms with Gasteiger partial charge in [0.05, 0.1) is 25.0 Å². The van der Waals surface area contributed by atoms with Crippen LogP contribution in [0.4, 0.5) is 5.69 Å². The zero-order chi connectivity index (χ0) is 21.2. The number of benzene rings is 2. The van der Waals surface area contributed by atoms with Crippen LogP contribution in [0.5, 0.6) is 11.5 Å². The highest BCUT2D eigenvalue weighted by Crippen LogP contribution is 2.35. The van der Waals surface area contributed by atoms with Crippen molar-refractivity contribution in [2.75, 3.05) is 30.3 Å². The van der Waals surface area contributed by atoms with E-state index in [1.165, 1.54) is 4.31 Å². The zero-order valence-electron chi connectivity index (χ0n) is 17.1. The van der Waals surface area contributed by atoms with Crippen LogP contribution < -0.4 is 19.1 Å². The lowest BCUT2D eigenvalue weighted by molar-refractivity contribution is -0.127. The molecule has 3 rings (SSSR count). The first-order valence-electron chi connectivity index (χ1n) is 9.38. The van der Waals surface area contributed by atoms with Crippen LogP contribution in [0, 0.1) is 20.8 Å². The first kappa shape index (κ1) is 21.0. The third kappa shape index (κ3) is 5.00. The first-order valence-corrected chi connectivity index (χ1v) is 11.2. The molecule has 1 N–H and O–H groups in total. The lowest BCUT2D eigenvalue weighted by Gasteiger charge is -2.34. The molecule has 156 valence electrons. The maximum atomic E-state index is 12.6. The van der Waals surface area contributed by atoms with Crippen molar-refractivity contribution in [3.63, 3.8) is 0 Å². The zero-order valence-corrected chi connectivity index (χ0v) is 17.9. The average Bonchev–Trinajstić information content (AvgIpc) is 2.65. The standard InChI is InChI=1S/C21H26N2O5S/c1-14-5-7-16(3)18(11-14)27-10-9-22-21(24)20-13-23(29(4,25)26)17-8-6-15(2)12-19(17)28-20/h5-8,11-12,20H,9-10,13H2,1-4H3,(H,22,24)/t20-/m0/s1. The quantitative estimate of drug-likeness (QED) is 0.728. The predicted octanol–water partition coefficient (Wildman–Crippen LogP) is 2.33. The number of nitrogens with zero attached hydrogens (tertiary/aromatic N) is 1. The molecule has 1 atom stereocenters. The van der Waals surface area contributed by atoms with Crippen LogP contribution in [0.2, 0.25) is 0 Å². The Morgan fingerprint density at radius 3 is 2.59 bits per heavy atom. The molecule has 0 unspecified atom stereocenters. The summed E-state index contributed by atoms with van der Waals surface area (Å²) in [6.45, 7) is 6.34. The number of ether oxygens (including phenoxy) is 2. The van der Waals surface area contributed by atoms with Crippen LogP contribution in [0.1, 0.15) is 16.7 Å². The Kier molecular flexibility index (Phi) is 6.02. The van der Waals surface area contributed by atoms with Crippen LogP contribution in [-0.2, 0) is 14.8 Å². The summed E-state index contributed by atoms with van der Waals surface area (Å²) in [5, 5.41) is 2.76. The molecule has 29 heavy (non-hydrogen) atoms. The van der Waals surface area contributed by atoms with Crippen LogP contribution in [0.25, 0.3) is 0 Å². The number of sulfonamides is 1. The summed E-state index contributed by atoms with van der Waals surface area (Å²) in [6.07, 6.45) is 0.189. The van der Waals surface area contributed by atoms with Gasteiger partial charge in [0, 0.05) is 0 Å². The molecule has 0 aliphatic carbocycles. The number of aryl methyl sites for hydroxylation is 3. The molecule has 0 saturated heterocycles. The minimum atomic E-state index is -3.54. The molecule has 1 amide bonds. The number of hydrogen-bond donors (Lipinski definition) is 1. The van der Waals surface area contributed by atoms with Gasteiger partial charge in [-0.3, -0.25) is 9.10 Å². The number of anilines is 1. The first-order chi connectivity index (χ1) is 13.6. The molecule has 0 fully saturated rings. The molecule has 2 aromatic carbocycles. The molecule has 0 spiro atoms. The SMILES string of the molecule is Cc1ccc(C)c(OCCNC(=O)[C@@H]2CN(S(C)(=O)=O)c3ccc(C)cc3O2)c1. The maximum Gasteiger partial charge on any atom is 0.263 e. The van der Waals surface area contributed by atoms with Gasteiger partial charge in [-0.25, -0.2) is 8.42 Å². The maximum absolute atomic E-state index is 12.6. The van der Waals surface area contributed by atoms with Gasteiger partial charge in [0.2, 0.25) is 10.0 Å². The van der Waals surface area contributed by atoms with Crippen molar-refractivity contribution in [1.82, 2.24) is 5.32 Å². The fourth-order valence-electron chi connectivity index (χ4n) is 3.12. The molecule has 0 bridgehead atoms. The van der Waals surface area contributed by atoms with Gasteiger partial charge >= 0.3 is 0 Å². The number of fused-ring (bicyclic) bond motifs is 1. The molecular weight excluding hydrogens is 392 g/mol.